The zero-order valence-corrected chi connectivity index (χ0v) is 10.1. The van der Waals surface area contributed by atoms with E-state index >= 15 is 0 Å². The Morgan fingerprint density at radius 3 is 2.67 bits per heavy atom. The average molecular weight is 258 g/mol. The van der Waals surface area contributed by atoms with Gasteiger partial charge in [0.2, 0.25) is 0 Å². The highest BCUT2D eigenvalue weighted by Crippen LogP contribution is 2.15. The van der Waals surface area contributed by atoms with Crippen molar-refractivity contribution in [2.24, 2.45) is 0 Å². The highest BCUT2D eigenvalue weighted by molar-refractivity contribution is 5.94. The standard InChI is InChI=1S/C12H16F2N2O2/c1-8-6-9(2-3-10(8)15)12(18)16(4-5-17)7-11(13)14/h2-3,6,11,17H,4-5,7,15H2,1H3. The maximum Gasteiger partial charge on any atom is 0.255 e. The summed E-state index contributed by atoms with van der Waals surface area (Å²) in [7, 11) is 0. The van der Waals surface area contributed by atoms with Crippen LogP contribution >= 0.6 is 0 Å². The second-order valence-corrected chi connectivity index (χ2v) is 3.94. The van der Waals surface area contributed by atoms with Gasteiger partial charge in [0.1, 0.15) is 0 Å². The summed E-state index contributed by atoms with van der Waals surface area (Å²) < 4.78 is 24.7. The molecule has 0 aromatic heterocycles. The molecule has 0 fully saturated rings. The summed E-state index contributed by atoms with van der Waals surface area (Å²) in [5.74, 6) is -0.535. The van der Waals surface area contributed by atoms with E-state index < -0.39 is 18.9 Å². The molecule has 18 heavy (non-hydrogen) atoms. The Kier molecular flexibility index (Phi) is 5.03. The minimum atomic E-state index is -2.63. The van der Waals surface area contributed by atoms with Crippen LogP contribution in [0.2, 0.25) is 0 Å². The van der Waals surface area contributed by atoms with Crippen molar-refractivity contribution in [2.45, 2.75) is 13.3 Å². The summed E-state index contributed by atoms with van der Waals surface area (Å²) in [6.45, 7) is 0.567. The van der Waals surface area contributed by atoms with Gasteiger partial charge in [0.05, 0.1) is 13.2 Å². The molecule has 0 unspecified atom stereocenters. The SMILES string of the molecule is Cc1cc(C(=O)N(CCO)CC(F)F)ccc1N. The number of anilines is 1. The van der Waals surface area contributed by atoms with Gasteiger partial charge in [0.25, 0.3) is 12.3 Å². The van der Waals surface area contributed by atoms with Gasteiger partial charge in [-0.05, 0) is 30.7 Å². The number of hydrogen-bond acceptors (Lipinski definition) is 3. The maximum atomic E-state index is 12.3. The molecule has 0 atom stereocenters. The number of nitrogen functional groups attached to an aromatic ring is 1. The van der Waals surface area contributed by atoms with Gasteiger partial charge in [-0.25, -0.2) is 8.78 Å². The quantitative estimate of drug-likeness (QED) is 0.782. The van der Waals surface area contributed by atoms with Gasteiger partial charge in [-0.1, -0.05) is 0 Å². The van der Waals surface area contributed by atoms with E-state index in [9.17, 15) is 13.6 Å². The largest absolute Gasteiger partial charge is 0.399 e. The number of carbonyl (C=O) groups is 1. The van der Waals surface area contributed by atoms with Gasteiger partial charge >= 0.3 is 0 Å². The van der Waals surface area contributed by atoms with E-state index in [1.165, 1.54) is 6.07 Å². The first-order valence-corrected chi connectivity index (χ1v) is 5.50. The van der Waals surface area contributed by atoms with Crippen molar-refractivity contribution in [3.8, 4) is 0 Å². The third-order valence-corrected chi connectivity index (χ3v) is 2.53. The summed E-state index contributed by atoms with van der Waals surface area (Å²) in [5, 5.41) is 8.79. The molecule has 0 heterocycles. The van der Waals surface area contributed by atoms with Crippen molar-refractivity contribution in [3.05, 3.63) is 29.3 Å². The van der Waals surface area contributed by atoms with Crippen LogP contribution in [0.1, 0.15) is 15.9 Å². The molecule has 0 saturated heterocycles. The fourth-order valence-electron chi connectivity index (χ4n) is 1.55. The van der Waals surface area contributed by atoms with E-state index in [0.29, 0.717) is 11.3 Å². The predicted octanol–water partition coefficient (Wildman–Crippen LogP) is 1.28. The molecule has 6 heteroatoms. The van der Waals surface area contributed by atoms with Crippen molar-refractivity contribution in [1.29, 1.82) is 0 Å². The minimum Gasteiger partial charge on any atom is -0.399 e. The molecule has 100 valence electrons. The molecule has 0 aliphatic carbocycles. The Bertz CT molecular complexity index is 425. The fourth-order valence-corrected chi connectivity index (χ4v) is 1.55. The molecule has 0 radical (unpaired) electrons. The van der Waals surface area contributed by atoms with Crippen LogP contribution in [0.3, 0.4) is 0 Å². The van der Waals surface area contributed by atoms with Crippen LogP contribution in [-0.2, 0) is 0 Å². The highest BCUT2D eigenvalue weighted by Gasteiger charge is 2.19. The van der Waals surface area contributed by atoms with Crippen molar-refractivity contribution >= 4 is 11.6 Å². The number of benzene rings is 1. The summed E-state index contributed by atoms with van der Waals surface area (Å²) in [5.41, 5.74) is 7.15. The van der Waals surface area contributed by atoms with Crippen molar-refractivity contribution in [1.82, 2.24) is 4.90 Å². The van der Waals surface area contributed by atoms with Gasteiger partial charge in [0, 0.05) is 17.8 Å². The van der Waals surface area contributed by atoms with Crippen LogP contribution in [0.25, 0.3) is 0 Å². The van der Waals surface area contributed by atoms with Gasteiger partial charge in [-0.15, -0.1) is 0 Å². The van der Waals surface area contributed by atoms with Crippen LogP contribution in [-0.4, -0.2) is 42.0 Å². The zero-order valence-electron chi connectivity index (χ0n) is 10.1. The molecule has 0 bridgehead atoms. The average Bonchev–Trinajstić information content (AvgIpc) is 2.31. The molecule has 0 aliphatic heterocycles. The molecule has 3 N–H and O–H groups in total. The van der Waals surface area contributed by atoms with Crippen molar-refractivity contribution < 1.29 is 18.7 Å². The summed E-state index contributed by atoms with van der Waals surface area (Å²) in [6.07, 6.45) is -2.63. The van der Waals surface area contributed by atoms with Crippen LogP contribution in [0.15, 0.2) is 18.2 Å². The number of aliphatic hydroxyl groups excluding tert-OH is 1. The molecular weight excluding hydrogens is 242 g/mol. The van der Waals surface area contributed by atoms with Crippen molar-refractivity contribution in [2.75, 3.05) is 25.4 Å². The normalized spacial score (nSPS) is 10.7. The summed E-state index contributed by atoms with van der Waals surface area (Å²) in [6, 6.07) is 4.59. The summed E-state index contributed by atoms with van der Waals surface area (Å²) >= 11 is 0. The first-order valence-electron chi connectivity index (χ1n) is 5.50. The monoisotopic (exact) mass is 258 g/mol. The van der Waals surface area contributed by atoms with E-state index in [1.807, 2.05) is 0 Å². The molecule has 1 amide bonds. The highest BCUT2D eigenvalue weighted by atomic mass is 19.3. The Hall–Kier alpha value is -1.69. The lowest BCUT2D eigenvalue weighted by molar-refractivity contribution is 0.0509. The summed E-state index contributed by atoms with van der Waals surface area (Å²) in [4.78, 5) is 12.9. The van der Waals surface area contributed by atoms with E-state index in [2.05, 4.69) is 0 Å². The van der Waals surface area contributed by atoms with E-state index in [-0.39, 0.29) is 18.7 Å². The molecule has 0 spiro atoms. The van der Waals surface area contributed by atoms with Crippen LogP contribution in [0.4, 0.5) is 14.5 Å². The number of alkyl halides is 2. The maximum absolute atomic E-state index is 12.3. The molecule has 4 nitrogen and oxygen atoms in total. The lowest BCUT2D eigenvalue weighted by Gasteiger charge is -2.21. The number of amides is 1. The van der Waals surface area contributed by atoms with Crippen LogP contribution < -0.4 is 5.73 Å². The van der Waals surface area contributed by atoms with Gasteiger partial charge in [-0.3, -0.25) is 4.79 Å². The number of rotatable bonds is 5. The molecule has 0 saturated carbocycles. The van der Waals surface area contributed by atoms with E-state index in [4.69, 9.17) is 10.8 Å². The first-order chi connectivity index (χ1) is 8.45. The number of aryl methyl sites for hydroxylation is 1. The Morgan fingerprint density at radius 2 is 2.17 bits per heavy atom. The lowest BCUT2D eigenvalue weighted by Crippen LogP contribution is -2.37. The second kappa shape index (κ2) is 6.30. The third-order valence-electron chi connectivity index (χ3n) is 2.53. The number of aliphatic hydroxyl groups is 1. The third kappa shape index (κ3) is 3.66. The van der Waals surface area contributed by atoms with E-state index in [0.717, 1.165) is 4.90 Å². The number of carbonyl (C=O) groups excluding carboxylic acids is 1. The van der Waals surface area contributed by atoms with Crippen LogP contribution in [0.5, 0.6) is 0 Å². The predicted molar refractivity (Wildman–Crippen MR) is 64.6 cm³/mol. The fraction of sp³-hybridized carbons (Fsp3) is 0.417. The Labute approximate surface area is 104 Å². The van der Waals surface area contributed by atoms with E-state index in [1.54, 1.807) is 19.1 Å². The van der Waals surface area contributed by atoms with Gasteiger partial charge < -0.3 is 15.7 Å². The molecule has 0 aliphatic rings. The lowest BCUT2D eigenvalue weighted by atomic mass is 10.1. The second-order valence-electron chi connectivity index (χ2n) is 3.94. The Balaban J connectivity index is 2.90. The smallest absolute Gasteiger partial charge is 0.255 e. The molecular formula is C12H16F2N2O2. The topological polar surface area (TPSA) is 66.6 Å². The molecule has 1 aromatic carbocycles. The van der Waals surface area contributed by atoms with Gasteiger partial charge in [0.15, 0.2) is 0 Å². The zero-order chi connectivity index (χ0) is 13.7. The number of nitrogens with two attached hydrogens (primary N) is 1. The number of nitrogens with zero attached hydrogens (tertiary/aromatic N) is 1. The van der Waals surface area contributed by atoms with Crippen molar-refractivity contribution in [3.63, 3.8) is 0 Å². The number of halogens is 2. The minimum absolute atomic E-state index is 0.118. The first kappa shape index (κ1) is 14.4. The van der Waals surface area contributed by atoms with Gasteiger partial charge in [-0.2, -0.15) is 0 Å². The molecule has 1 aromatic rings. The van der Waals surface area contributed by atoms with Crippen LogP contribution in [0, 0.1) is 6.92 Å². The molecule has 1 rings (SSSR count). The Morgan fingerprint density at radius 1 is 1.50 bits per heavy atom. The number of hydrogen-bond donors (Lipinski definition) is 2.